The van der Waals surface area contributed by atoms with Gasteiger partial charge in [0.1, 0.15) is 5.82 Å². The van der Waals surface area contributed by atoms with Crippen molar-refractivity contribution < 1.29 is 17.9 Å². The summed E-state index contributed by atoms with van der Waals surface area (Å²) in [7, 11) is -3.75. The molecule has 12 heteroatoms. The average Bonchev–Trinajstić information content (AvgIpc) is 3.35. The molecule has 0 spiro atoms. The number of amides is 1. The van der Waals surface area contributed by atoms with Crippen molar-refractivity contribution in [2.45, 2.75) is 69.4 Å². The molecular weight excluding hydrogens is 512 g/mol. The summed E-state index contributed by atoms with van der Waals surface area (Å²) in [6.45, 7) is 5.68. The number of thiazole rings is 1. The van der Waals surface area contributed by atoms with Crippen LogP contribution in [0.25, 0.3) is 10.4 Å². The summed E-state index contributed by atoms with van der Waals surface area (Å²) < 4.78 is 34.0. The Bertz CT molecular complexity index is 1310. The van der Waals surface area contributed by atoms with Gasteiger partial charge in [-0.2, -0.15) is 0 Å². The molecule has 1 aromatic carbocycles. The van der Waals surface area contributed by atoms with Gasteiger partial charge >= 0.3 is 6.09 Å². The number of nitrogens with one attached hydrogen (secondary N) is 3. The minimum absolute atomic E-state index is 0.0909. The second-order valence-corrected chi connectivity index (χ2v) is 11.9. The van der Waals surface area contributed by atoms with Crippen LogP contribution in [-0.4, -0.2) is 48.2 Å². The molecule has 0 aliphatic heterocycles. The third kappa shape index (κ3) is 7.02. The van der Waals surface area contributed by atoms with Crippen molar-refractivity contribution in [2.24, 2.45) is 0 Å². The van der Waals surface area contributed by atoms with Crippen LogP contribution in [0.15, 0.2) is 47.9 Å². The first kappa shape index (κ1) is 27.0. The average molecular weight is 545 g/mol. The fourth-order valence-electron chi connectivity index (χ4n) is 4.31. The van der Waals surface area contributed by atoms with E-state index in [-0.39, 0.29) is 35.6 Å². The van der Waals surface area contributed by atoms with Crippen molar-refractivity contribution in [1.29, 1.82) is 0 Å². The van der Waals surface area contributed by atoms with Crippen LogP contribution in [0.2, 0.25) is 0 Å². The molecule has 10 nitrogen and oxygen atoms in total. The Hall–Kier alpha value is -3.09. The van der Waals surface area contributed by atoms with Crippen LogP contribution in [0, 0.1) is 0 Å². The van der Waals surface area contributed by atoms with Gasteiger partial charge in [-0.15, -0.1) is 11.3 Å². The number of hydrogen-bond acceptors (Lipinski definition) is 9. The molecule has 0 radical (unpaired) electrons. The SMILES string of the molecule is CCNS(=O)(=O)c1cc(Nc2cnccn2)ccc1-c1cnc(C2CCC(NC(=O)OC(C)C)CC2)s1. The molecule has 1 amide bonds. The van der Waals surface area contributed by atoms with E-state index in [1.807, 2.05) is 19.9 Å². The molecule has 0 bridgehead atoms. The lowest BCUT2D eigenvalue weighted by Gasteiger charge is -2.28. The van der Waals surface area contributed by atoms with Gasteiger partial charge in [0.15, 0.2) is 0 Å². The normalized spacial score (nSPS) is 17.9. The predicted molar refractivity (Wildman–Crippen MR) is 143 cm³/mol. The molecule has 2 heterocycles. The lowest BCUT2D eigenvalue weighted by atomic mass is 9.86. The molecular formula is C25H32N6O4S2. The number of aromatic nitrogens is 3. The maximum Gasteiger partial charge on any atom is 0.407 e. The van der Waals surface area contributed by atoms with Gasteiger partial charge < -0.3 is 15.4 Å². The quantitative estimate of drug-likeness (QED) is 0.350. The fourth-order valence-corrected chi connectivity index (χ4v) is 6.78. The molecule has 0 unspecified atom stereocenters. The summed E-state index contributed by atoms with van der Waals surface area (Å²) in [6.07, 6.45) is 9.40. The van der Waals surface area contributed by atoms with Crippen molar-refractivity contribution in [2.75, 3.05) is 11.9 Å². The van der Waals surface area contributed by atoms with Gasteiger partial charge in [0.2, 0.25) is 10.0 Å². The number of hydrogen-bond donors (Lipinski definition) is 3. The zero-order valence-corrected chi connectivity index (χ0v) is 22.7. The highest BCUT2D eigenvalue weighted by Gasteiger charge is 2.27. The van der Waals surface area contributed by atoms with E-state index in [0.717, 1.165) is 35.6 Å². The van der Waals surface area contributed by atoms with Gasteiger partial charge in [-0.1, -0.05) is 13.0 Å². The standard InChI is InChI=1S/C25H32N6O4S2/c1-4-29-37(33,34)22-13-19(30-23-15-26-11-12-27-23)9-10-20(22)21-14-28-24(36-21)17-5-7-18(8-6-17)31-25(32)35-16(2)3/h9-18,29H,4-8H2,1-3H3,(H,27,30)(H,31,32). The lowest BCUT2D eigenvalue weighted by Crippen LogP contribution is -2.38. The summed E-state index contributed by atoms with van der Waals surface area (Å²) in [5, 5.41) is 7.03. The van der Waals surface area contributed by atoms with Crippen molar-refractivity contribution in [3.63, 3.8) is 0 Å². The maximum absolute atomic E-state index is 13.1. The van der Waals surface area contributed by atoms with Crippen LogP contribution >= 0.6 is 11.3 Å². The number of alkyl carbamates (subject to hydrolysis) is 1. The molecule has 1 fully saturated rings. The monoisotopic (exact) mass is 544 g/mol. The van der Waals surface area contributed by atoms with Crippen LogP contribution in [0.3, 0.4) is 0 Å². The van der Waals surface area contributed by atoms with E-state index in [9.17, 15) is 13.2 Å². The Kier molecular flexibility index (Phi) is 8.72. The van der Waals surface area contributed by atoms with Gasteiger partial charge in [0.25, 0.3) is 0 Å². The predicted octanol–water partition coefficient (Wildman–Crippen LogP) is 4.80. The highest BCUT2D eigenvalue weighted by molar-refractivity contribution is 7.89. The highest BCUT2D eigenvalue weighted by Crippen LogP contribution is 2.40. The Morgan fingerprint density at radius 1 is 1.14 bits per heavy atom. The number of ether oxygens (including phenoxy) is 1. The maximum atomic E-state index is 13.1. The van der Waals surface area contributed by atoms with Crippen LogP contribution in [0.1, 0.15) is 57.4 Å². The number of sulfonamides is 1. The smallest absolute Gasteiger partial charge is 0.407 e. The van der Waals surface area contributed by atoms with Gasteiger partial charge in [0.05, 0.1) is 27.1 Å². The second kappa shape index (κ2) is 12.0. The number of benzene rings is 1. The number of rotatable bonds is 9. The third-order valence-corrected chi connectivity index (χ3v) is 8.75. The summed E-state index contributed by atoms with van der Waals surface area (Å²) in [4.78, 5) is 25.8. The molecule has 0 atom stereocenters. The van der Waals surface area contributed by atoms with E-state index in [1.165, 1.54) is 11.3 Å². The summed E-state index contributed by atoms with van der Waals surface area (Å²) in [6, 6.07) is 5.31. The number of nitrogens with zero attached hydrogens (tertiary/aromatic N) is 3. The molecule has 1 aliphatic carbocycles. The zero-order chi connectivity index (χ0) is 26.4. The molecule has 1 saturated carbocycles. The molecule has 198 valence electrons. The van der Waals surface area contributed by atoms with Crippen LogP contribution in [0.5, 0.6) is 0 Å². The molecule has 2 aromatic heterocycles. The van der Waals surface area contributed by atoms with E-state index in [2.05, 4.69) is 30.3 Å². The van der Waals surface area contributed by atoms with Gasteiger partial charge in [-0.3, -0.25) is 4.98 Å². The van der Waals surface area contributed by atoms with E-state index in [0.29, 0.717) is 17.1 Å². The summed E-state index contributed by atoms with van der Waals surface area (Å²) >= 11 is 1.52. The Morgan fingerprint density at radius 2 is 1.92 bits per heavy atom. The summed E-state index contributed by atoms with van der Waals surface area (Å²) in [5.41, 5.74) is 1.19. The first-order valence-corrected chi connectivity index (χ1v) is 14.6. The number of anilines is 2. The van der Waals surface area contributed by atoms with E-state index < -0.39 is 10.0 Å². The van der Waals surface area contributed by atoms with Crippen molar-refractivity contribution >= 4 is 39.0 Å². The Morgan fingerprint density at radius 3 is 2.59 bits per heavy atom. The van der Waals surface area contributed by atoms with Gasteiger partial charge in [-0.05, 0) is 51.7 Å². The Labute approximate surface area is 221 Å². The lowest BCUT2D eigenvalue weighted by molar-refractivity contribution is 0.109. The minimum Gasteiger partial charge on any atom is -0.447 e. The first-order valence-electron chi connectivity index (χ1n) is 12.3. The van der Waals surface area contributed by atoms with E-state index in [4.69, 9.17) is 4.74 Å². The Balaban J connectivity index is 1.52. The zero-order valence-electron chi connectivity index (χ0n) is 21.1. The first-order chi connectivity index (χ1) is 17.7. The minimum atomic E-state index is -3.75. The molecule has 3 aromatic rings. The van der Waals surface area contributed by atoms with Crippen LogP contribution < -0.4 is 15.4 Å². The molecule has 4 rings (SSSR count). The van der Waals surface area contributed by atoms with Crippen molar-refractivity contribution in [3.05, 3.63) is 48.0 Å². The number of carbonyl (C=O) groups is 1. The molecule has 3 N–H and O–H groups in total. The fraction of sp³-hybridized carbons (Fsp3) is 0.440. The van der Waals surface area contributed by atoms with Crippen LogP contribution in [-0.2, 0) is 14.8 Å². The third-order valence-electron chi connectivity index (χ3n) is 5.97. The molecule has 1 aliphatic rings. The second-order valence-electron chi connectivity index (χ2n) is 9.14. The molecule has 37 heavy (non-hydrogen) atoms. The van der Waals surface area contributed by atoms with Gasteiger partial charge in [0, 0.05) is 48.3 Å². The largest absolute Gasteiger partial charge is 0.447 e. The van der Waals surface area contributed by atoms with Gasteiger partial charge in [-0.25, -0.2) is 27.9 Å². The number of carbonyl (C=O) groups excluding carboxylic acids is 1. The van der Waals surface area contributed by atoms with E-state index >= 15 is 0 Å². The summed E-state index contributed by atoms with van der Waals surface area (Å²) in [5.74, 6) is 0.786. The van der Waals surface area contributed by atoms with Crippen LogP contribution in [0.4, 0.5) is 16.3 Å². The van der Waals surface area contributed by atoms with Crippen molar-refractivity contribution in [3.8, 4) is 10.4 Å². The van der Waals surface area contributed by atoms with E-state index in [1.54, 1.807) is 43.8 Å². The molecule has 0 saturated heterocycles. The topological polar surface area (TPSA) is 135 Å². The highest BCUT2D eigenvalue weighted by atomic mass is 32.2. The van der Waals surface area contributed by atoms with Crippen molar-refractivity contribution in [1.82, 2.24) is 25.0 Å².